The summed E-state index contributed by atoms with van der Waals surface area (Å²) in [5, 5.41) is 4.39. The maximum Gasteiger partial charge on any atom is 0.107 e. The number of aromatic nitrogens is 2. The van der Waals surface area contributed by atoms with Crippen molar-refractivity contribution in [3.63, 3.8) is 0 Å². The third-order valence-corrected chi connectivity index (χ3v) is 3.59. The molecule has 0 unspecified atom stereocenters. The second-order valence-electron chi connectivity index (χ2n) is 4.00. The first-order valence-electron chi connectivity index (χ1n) is 5.75. The van der Waals surface area contributed by atoms with Crippen LogP contribution in [0.4, 0.5) is 0 Å². The van der Waals surface area contributed by atoms with Crippen molar-refractivity contribution in [1.29, 1.82) is 0 Å². The normalized spacial score (nSPS) is 10.7. The molecule has 0 amide bonds. The smallest absolute Gasteiger partial charge is 0.107 e. The monoisotopic (exact) mass is 293 g/mol. The first kappa shape index (κ1) is 12.3. The largest absolute Gasteiger partial charge is 0.330 e. The van der Waals surface area contributed by atoms with Crippen molar-refractivity contribution in [2.75, 3.05) is 6.54 Å². The third kappa shape index (κ3) is 3.17. The maximum atomic E-state index is 5.51. The van der Waals surface area contributed by atoms with Crippen LogP contribution in [0.15, 0.2) is 41.1 Å². The van der Waals surface area contributed by atoms with Gasteiger partial charge in [0.25, 0.3) is 0 Å². The Balaban J connectivity index is 2.09. The van der Waals surface area contributed by atoms with E-state index in [1.54, 1.807) is 0 Å². The fourth-order valence-corrected chi connectivity index (χ4v) is 2.25. The molecular formula is C13H16BrN3. The van der Waals surface area contributed by atoms with Gasteiger partial charge in [0.2, 0.25) is 0 Å². The molecule has 0 fully saturated rings. The van der Waals surface area contributed by atoms with Gasteiger partial charge < -0.3 is 5.73 Å². The molecule has 0 radical (unpaired) electrons. The number of halogens is 1. The highest BCUT2D eigenvalue weighted by atomic mass is 79.9. The summed E-state index contributed by atoms with van der Waals surface area (Å²) in [6.45, 7) is 1.51. The maximum absolute atomic E-state index is 5.51. The molecule has 0 saturated carbocycles. The molecule has 1 aromatic carbocycles. The van der Waals surface area contributed by atoms with Gasteiger partial charge in [-0.15, -0.1) is 0 Å². The predicted molar refractivity (Wildman–Crippen MR) is 72.8 cm³/mol. The van der Waals surface area contributed by atoms with Gasteiger partial charge in [0, 0.05) is 5.56 Å². The molecule has 1 heterocycles. The first-order valence-corrected chi connectivity index (χ1v) is 6.54. The van der Waals surface area contributed by atoms with Gasteiger partial charge in [-0.3, -0.25) is 4.68 Å². The Morgan fingerprint density at radius 2 is 2.00 bits per heavy atom. The van der Waals surface area contributed by atoms with E-state index in [4.69, 9.17) is 5.73 Å². The van der Waals surface area contributed by atoms with E-state index in [0.717, 1.165) is 30.5 Å². The lowest BCUT2D eigenvalue weighted by molar-refractivity contribution is 0.669. The van der Waals surface area contributed by atoms with Gasteiger partial charge in [-0.05, 0) is 40.9 Å². The number of nitrogens with two attached hydrogens (primary N) is 1. The molecule has 3 nitrogen and oxygen atoms in total. The number of hydrogen-bond acceptors (Lipinski definition) is 2. The summed E-state index contributed by atoms with van der Waals surface area (Å²) in [5.74, 6) is 0. The Morgan fingerprint density at radius 3 is 2.71 bits per heavy atom. The predicted octanol–water partition coefficient (Wildman–Crippen LogP) is 2.59. The summed E-state index contributed by atoms with van der Waals surface area (Å²) in [5.41, 5.74) is 7.99. The first-order chi connectivity index (χ1) is 8.31. The summed E-state index contributed by atoms with van der Waals surface area (Å²) in [7, 11) is 0. The summed E-state index contributed by atoms with van der Waals surface area (Å²) < 4.78 is 3.04. The Kier molecular flexibility index (Phi) is 4.34. The van der Waals surface area contributed by atoms with Crippen LogP contribution < -0.4 is 5.73 Å². The van der Waals surface area contributed by atoms with Crippen molar-refractivity contribution >= 4 is 15.9 Å². The highest BCUT2D eigenvalue weighted by Crippen LogP contribution is 2.18. The molecule has 2 N–H and O–H groups in total. The molecule has 0 atom stereocenters. The van der Waals surface area contributed by atoms with Crippen molar-refractivity contribution in [3.8, 4) is 0 Å². The Morgan fingerprint density at radius 1 is 1.24 bits per heavy atom. The minimum atomic E-state index is 0.719. The number of benzene rings is 1. The van der Waals surface area contributed by atoms with Crippen LogP contribution in [0.2, 0.25) is 0 Å². The SMILES string of the molecule is NCCCc1cnn(Cc2ccccc2)c1Br. The van der Waals surface area contributed by atoms with Gasteiger partial charge in [0.05, 0.1) is 12.7 Å². The summed E-state index contributed by atoms with van der Waals surface area (Å²) in [4.78, 5) is 0. The molecule has 0 aliphatic heterocycles. The molecule has 0 aliphatic carbocycles. The topological polar surface area (TPSA) is 43.8 Å². The number of hydrogen-bond donors (Lipinski definition) is 1. The lowest BCUT2D eigenvalue weighted by atomic mass is 10.2. The van der Waals surface area contributed by atoms with Crippen molar-refractivity contribution < 1.29 is 0 Å². The molecule has 17 heavy (non-hydrogen) atoms. The van der Waals surface area contributed by atoms with Crippen molar-refractivity contribution in [1.82, 2.24) is 9.78 Å². The Bertz CT molecular complexity index is 465. The quantitative estimate of drug-likeness (QED) is 0.921. The summed E-state index contributed by atoms with van der Waals surface area (Å²) in [6, 6.07) is 10.3. The minimum absolute atomic E-state index is 0.719. The van der Waals surface area contributed by atoms with E-state index in [9.17, 15) is 0 Å². The average Bonchev–Trinajstić information content (AvgIpc) is 2.70. The van der Waals surface area contributed by atoms with E-state index in [0.29, 0.717) is 0 Å². The highest BCUT2D eigenvalue weighted by molar-refractivity contribution is 9.10. The molecule has 0 spiro atoms. The van der Waals surface area contributed by atoms with E-state index in [1.165, 1.54) is 11.1 Å². The van der Waals surface area contributed by atoms with Crippen molar-refractivity contribution in [3.05, 3.63) is 52.3 Å². The second-order valence-corrected chi connectivity index (χ2v) is 4.75. The van der Waals surface area contributed by atoms with Crippen molar-refractivity contribution in [2.45, 2.75) is 19.4 Å². The van der Waals surface area contributed by atoms with E-state index in [1.807, 2.05) is 29.1 Å². The third-order valence-electron chi connectivity index (χ3n) is 2.67. The van der Waals surface area contributed by atoms with E-state index < -0.39 is 0 Å². The van der Waals surface area contributed by atoms with E-state index >= 15 is 0 Å². The van der Waals surface area contributed by atoms with Crippen LogP contribution >= 0.6 is 15.9 Å². The minimum Gasteiger partial charge on any atom is -0.330 e. The molecule has 0 saturated heterocycles. The zero-order valence-electron chi connectivity index (χ0n) is 9.64. The molecule has 2 rings (SSSR count). The summed E-state index contributed by atoms with van der Waals surface area (Å²) in [6.07, 6.45) is 3.89. The molecule has 0 aliphatic rings. The summed E-state index contributed by atoms with van der Waals surface area (Å²) >= 11 is 3.60. The zero-order chi connectivity index (χ0) is 12.1. The van der Waals surface area contributed by atoms with Crippen LogP contribution in [0.5, 0.6) is 0 Å². The lowest BCUT2D eigenvalue weighted by Crippen LogP contribution is -2.03. The standard InChI is InChI=1S/C13H16BrN3/c14-13-12(7-4-8-15)9-16-17(13)10-11-5-2-1-3-6-11/h1-3,5-6,9H,4,7-8,10,15H2. The van der Waals surface area contributed by atoms with Crippen LogP contribution in [0.1, 0.15) is 17.5 Å². The van der Waals surface area contributed by atoms with Gasteiger partial charge in [0.1, 0.15) is 4.60 Å². The fourth-order valence-electron chi connectivity index (χ4n) is 1.74. The Hall–Kier alpha value is -1.13. The fraction of sp³-hybridized carbons (Fsp3) is 0.308. The molecule has 1 aromatic heterocycles. The van der Waals surface area contributed by atoms with Gasteiger partial charge in [-0.2, -0.15) is 5.10 Å². The molecule has 0 bridgehead atoms. The van der Waals surface area contributed by atoms with Crippen LogP contribution in [0.3, 0.4) is 0 Å². The molecule has 2 aromatic rings. The van der Waals surface area contributed by atoms with E-state index in [-0.39, 0.29) is 0 Å². The van der Waals surface area contributed by atoms with Crippen LogP contribution in [0, 0.1) is 0 Å². The van der Waals surface area contributed by atoms with Crippen LogP contribution in [0.25, 0.3) is 0 Å². The number of nitrogens with zero attached hydrogens (tertiary/aromatic N) is 2. The lowest BCUT2D eigenvalue weighted by Gasteiger charge is -2.04. The van der Waals surface area contributed by atoms with Crippen molar-refractivity contribution in [2.24, 2.45) is 5.73 Å². The van der Waals surface area contributed by atoms with Crippen LogP contribution in [-0.2, 0) is 13.0 Å². The number of aryl methyl sites for hydroxylation is 1. The highest BCUT2D eigenvalue weighted by Gasteiger charge is 2.07. The Labute approximate surface area is 110 Å². The van der Waals surface area contributed by atoms with Gasteiger partial charge >= 0.3 is 0 Å². The van der Waals surface area contributed by atoms with Gasteiger partial charge in [-0.1, -0.05) is 30.3 Å². The van der Waals surface area contributed by atoms with Gasteiger partial charge in [-0.25, -0.2) is 0 Å². The van der Waals surface area contributed by atoms with Crippen LogP contribution in [-0.4, -0.2) is 16.3 Å². The zero-order valence-corrected chi connectivity index (χ0v) is 11.2. The average molecular weight is 294 g/mol. The number of rotatable bonds is 5. The second kappa shape index (κ2) is 5.98. The molecule has 90 valence electrons. The molecule has 4 heteroatoms. The van der Waals surface area contributed by atoms with Gasteiger partial charge in [0.15, 0.2) is 0 Å². The van der Waals surface area contributed by atoms with E-state index in [2.05, 4.69) is 33.2 Å². The molecular weight excluding hydrogens is 278 g/mol.